The van der Waals surface area contributed by atoms with Crippen LogP contribution in [0.2, 0.25) is 0 Å². The van der Waals surface area contributed by atoms with Crippen LogP contribution in [-0.4, -0.2) is 40.7 Å². The molecule has 0 saturated carbocycles. The van der Waals surface area contributed by atoms with Crippen LogP contribution < -0.4 is 4.90 Å². The van der Waals surface area contributed by atoms with E-state index < -0.39 is 17.9 Å². The Bertz CT molecular complexity index is 830. The maximum Gasteiger partial charge on any atom is 0.325 e. The van der Waals surface area contributed by atoms with Crippen LogP contribution in [0.5, 0.6) is 0 Å². The normalized spacial score (nSPS) is 13.2. The monoisotopic (exact) mass is 383 g/mol. The fraction of sp³-hybridized carbons (Fsp3) is 0.429. The van der Waals surface area contributed by atoms with Gasteiger partial charge in [0.25, 0.3) is 0 Å². The van der Waals surface area contributed by atoms with Crippen LogP contribution in [0.25, 0.3) is 0 Å². The van der Waals surface area contributed by atoms with Crippen molar-refractivity contribution in [3.8, 4) is 0 Å². The molecule has 0 aliphatic carbocycles. The molecule has 0 atom stereocenters. The van der Waals surface area contributed by atoms with Crippen molar-refractivity contribution in [3.63, 3.8) is 0 Å². The van der Waals surface area contributed by atoms with E-state index in [0.29, 0.717) is 18.1 Å². The molecule has 0 amide bonds. The van der Waals surface area contributed by atoms with Crippen LogP contribution >= 0.6 is 0 Å². The number of hydrogen-bond donors (Lipinski definition) is 0. The van der Waals surface area contributed by atoms with Crippen molar-refractivity contribution in [1.82, 2.24) is 9.97 Å². The minimum absolute atomic E-state index is 0.341. The number of para-hydroxylation sites is 1. The highest BCUT2D eigenvalue weighted by Gasteiger charge is 2.38. The molecule has 0 bridgehead atoms. The molecule has 1 aliphatic rings. The standard InChI is InChI=1S/C21H25N3O4/c1-13(2)27-19(25)17(20(26)28-14(3)4)16-8-5-7-15-9-12-24(18(15)16)21-22-10-6-11-23-21/h5-8,10-11,13-14,17H,9,12H2,1-4H3. The van der Waals surface area contributed by atoms with Crippen LogP contribution in [-0.2, 0) is 25.5 Å². The van der Waals surface area contributed by atoms with Gasteiger partial charge >= 0.3 is 11.9 Å². The van der Waals surface area contributed by atoms with E-state index >= 15 is 0 Å². The number of ether oxygens (including phenoxy) is 2. The topological polar surface area (TPSA) is 81.6 Å². The first-order valence-corrected chi connectivity index (χ1v) is 9.45. The lowest BCUT2D eigenvalue weighted by Crippen LogP contribution is -2.31. The molecule has 7 nitrogen and oxygen atoms in total. The summed E-state index contributed by atoms with van der Waals surface area (Å²) < 4.78 is 10.8. The van der Waals surface area contributed by atoms with Gasteiger partial charge in [-0.2, -0.15) is 0 Å². The molecule has 0 N–H and O–H groups in total. The fourth-order valence-corrected chi connectivity index (χ4v) is 3.30. The molecular formula is C21H25N3O4. The summed E-state index contributed by atoms with van der Waals surface area (Å²) in [5, 5.41) is 0. The number of anilines is 2. The molecule has 0 fully saturated rings. The Labute approximate surface area is 164 Å². The molecule has 3 rings (SSSR count). The third-order valence-electron chi connectivity index (χ3n) is 4.31. The van der Waals surface area contributed by atoms with Crippen molar-refractivity contribution in [2.45, 2.75) is 52.2 Å². The smallest absolute Gasteiger partial charge is 0.325 e. The first kappa shape index (κ1) is 19.8. The minimum Gasteiger partial charge on any atom is -0.462 e. The summed E-state index contributed by atoms with van der Waals surface area (Å²) in [6.45, 7) is 7.68. The van der Waals surface area contributed by atoms with E-state index in [-0.39, 0.29) is 12.2 Å². The Balaban J connectivity index is 2.07. The predicted molar refractivity (Wildman–Crippen MR) is 104 cm³/mol. The van der Waals surface area contributed by atoms with Crippen molar-refractivity contribution in [2.75, 3.05) is 11.4 Å². The largest absolute Gasteiger partial charge is 0.462 e. The van der Waals surface area contributed by atoms with E-state index in [1.807, 2.05) is 17.0 Å². The molecule has 28 heavy (non-hydrogen) atoms. The van der Waals surface area contributed by atoms with E-state index in [1.165, 1.54) is 0 Å². The summed E-state index contributed by atoms with van der Waals surface area (Å²) in [5.41, 5.74) is 2.36. The average Bonchev–Trinajstić information content (AvgIpc) is 3.06. The Hall–Kier alpha value is -2.96. The lowest BCUT2D eigenvalue weighted by Gasteiger charge is -2.24. The van der Waals surface area contributed by atoms with Crippen LogP contribution in [0.1, 0.15) is 44.7 Å². The number of carbonyl (C=O) groups is 2. The van der Waals surface area contributed by atoms with Gasteiger partial charge in [0.1, 0.15) is 0 Å². The molecule has 2 heterocycles. The van der Waals surface area contributed by atoms with Crippen molar-refractivity contribution in [1.29, 1.82) is 0 Å². The number of nitrogens with zero attached hydrogens (tertiary/aromatic N) is 3. The minimum atomic E-state index is -1.16. The van der Waals surface area contributed by atoms with Crippen LogP contribution in [0.4, 0.5) is 11.6 Å². The van der Waals surface area contributed by atoms with Gasteiger partial charge in [0, 0.05) is 24.5 Å². The molecule has 1 aromatic carbocycles. The van der Waals surface area contributed by atoms with Crippen LogP contribution in [0, 0.1) is 0 Å². The van der Waals surface area contributed by atoms with Crippen molar-refractivity contribution < 1.29 is 19.1 Å². The molecule has 1 aliphatic heterocycles. The Morgan fingerprint density at radius 1 is 0.964 bits per heavy atom. The average molecular weight is 383 g/mol. The maximum atomic E-state index is 12.8. The van der Waals surface area contributed by atoms with Gasteiger partial charge in [-0.15, -0.1) is 0 Å². The summed E-state index contributed by atoms with van der Waals surface area (Å²) in [5.74, 6) is -1.87. The Morgan fingerprint density at radius 3 is 2.14 bits per heavy atom. The third kappa shape index (κ3) is 4.13. The molecule has 0 spiro atoms. The number of esters is 2. The van der Waals surface area contributed by atoms with Crippen molar-refractivity contribution in [2.24, 2.45) is 0 Å². The zero-order valence-corrected chi connectivity index (χ0v) is 16.6. The second-order valence-electron chi connectivity index (χ2n) is 7.21. The van der Waals surface area contributed by atoms with E-state index in [9.17, 15) is 9.59 Å². The fourth-order valence-electron chi connectivity index (χ4n) is 3.30. The van der Waals surface area contributed by atoms with E-state index in [1.54, 1.807) is 52.2 Å². The molecule has 1 aromatic heterocycles. The maximum absolute atomic E-state index is 12.8. The second kappa shape index (κ2) is 8.37. The summed E-state index contributed by atoms with van der Waals surface area (Å²) >= 11 is 0. The Morgan fingerprint density at radius 2 is 1.57 bits per heavy atom. The molecule has 0 unspecified atom stereocenters. The number of benzene rings is 1. The summed E-state index contributed by atoms with van der Waals surface area (Å²) in [6, 6.07) is 7.35. The summed E-state index contributed by atoms with van der Waals surface area (Å²) in [7, 11) is 0. The van der Waals surface area contributed by atoms with E-state index in [4.69, 9.17) is 9.47 Å². The highest BCUT2D eigenvalue weighted by atomic mass is 16.6. The zero-order valence-electron chi connectivity index (χ0n) is 16.6. The van der Waals surface area contributed by atoms with Crippen molar-refractivity contribution >= 4 is 23.6 Å². The Kier molecular flexibility index (Phi) is 5.92. The highest BCUT2D eigenvalue weighted by Crippen LogP contribution is 2.40. The van der Waals surface area contributed by atoms with Gasteiger partial charge in [0.2, 0.25) is 5.95 Å². The highest BCUT2D eigenvalue weighted by molar-refractivity contribution is 6.03. The molecular weight excluding hydrogens is 358 g/mol. The molecule has 7 heteroatoms. The predicted octanol–water partition coefficient (Wildman–Crippen LogP) is 3.16. The second-order valence-corrected chi connectivity index (χ2v) is 7.21. The summed E-state index contributed by atoms with van der Waals surface area (Å²) in [6.07, 6.45) is 3.42. The van der Waals surface area contributed by atoms with Gasteiger partial charge in [-0.1, -0.05) is 18.2 Å². The first-order chi connectivity index (χ1) is 13.4. The first-order valence-electron chi connectivity index (χ1n) is 9.45. The van der Waals surface area contributed by atoms with Gasteiger partial charge in [0.05, 0.1) is 17.9 Å². The van der Waals surface area contributed by atoms with Crippen molar-refractivity contribution in [3.05, 3.63) is 47.8 Å². The summed E-state index contributed by atoms with van der Waals surface area (Å²) in [4.78, 5) is 36.3. The lowest BCUT2D eigenvalue weighted by atomic mass is 9.94. The zero-order chi connectivity index (χ0) is 20.3. The molecule has 0 saturated heterocycles. The van der Waals surface area contributed by atoms with Gasteiger partial charge < -0.3 is 14.4 Å². The number of rotatable bonds is 6. The SMILES string of the molecule is CC(C)OC(=O)C(C(=O)OC(C)C)c1cccc2c1N(c1ncccn1)CC2. The van der Waals surface area contributed by atoms with E-state index in [2.05, 4.69) is 9.97 Å². The van der Waals surface area contributed by atoms with Crippen LogP contribution in [0.3, 0.4) is 0 Å². The van der Waals surface area contributed by atoms with Gasteiger partial charge in [0.15, 0.2) is 5.92 Å². The molecule has 0 radical (unpaired) electrons. The number of fused-ring (bicyclic) bond motifs is 1. The molecule has 2 aromatic rings. The quantitative estimate of drug-likeness (QED) is 0.560. The van der Waals surface area contributed by atoms with Crippen LogP contribution in [0.15, 0.2) is 36.7 Å². The molecule has 148 valence electrons. The number of carbonyl (C=O) groups excluding carboxylic acids is 2. The lowest BCUT2D eigenvalue weighted by molar-refractivity contribution is -0.161. The third-order valence-corrected chi connectivity index (χ3v) is 4.31. The number of hydrogen-bond acceptors (Lipinski definition) is 7. The van der Waals surface area contributed by atoms with E-state index in [0.717, 1.165) is 17.7 Å². The van der Waals surface area contributed by atoms with Gasteiger partial charge in [-0.25, -0.2) is 9.97 Å². The van der Waals surface area contributed by atoms with Gasteiger partial charge in [-0.3, -0.25) is 9.59 Å². The van der Waals surface area contributed by atoms with Gasteiger partial charge in [-0.05, 0) is 45.7 Å². The number of aromatic nitrogens is 2.